The molecule has 0 bridgehead atoms. The molecule has 23 heavy (non-hydrogen) atoms. The molecule has 0 aliphatic carbocycles. The topological polar surface area (TPSA) is 59.7 Å². The Morgan fingerprint density at radius 2 is 1.96 bits per heavy atom. The van der Waals surface area contributed by atoms with Crippen molar-refractivity contribution in [1.29, 1.82) is 0 Å². The fourth-order valence-corrected chi connectivity index (χ4v) is 2.07. The first kappa shape index (κ1) is 17.0. The van der Waals surface area contributed by atoms with Crippen molar-refractivity contribution in [2.75, 3.05) is 6.61 Å². The molecule has 0 aliphatic rings. The molecule has 2 aromatic rings. The van der Waals surface area contributed by atoms with E-state index in [9.17, 15) is 9.90 Å². The average Bonchev–Trinajstić information content (AvgIpc) is 2.52. The van der Waals surface area contributed by atoms with Crippen LogP contribution in [0.2, 0.25) is 0 Å². The molecule has 4 nitrogen and oxygen atoms in total. The molecule has 0 saturated carbocycles. The first-order valence-electron chi connectivity index (χ1n) is 7.60. The van der Waals surface area contributed by atoms with Gasteiger partial charge in [0.05, 0.1) is 6.10 Å². The predicted molar refractivity (Wildman–Crippen MR) is 91.8 cm³/mol. The fourth-order valence-electron chi connectivity index (χ4n) is 2.07. The van der Waals surface area contributed by atoms with Gasteiger partial charge in [0.15, 0.2) is 0 Å². The van der Waals surface area contributed by atoms with Crippen LogP contribution in [0.3, 0.4) is 0 Å². The number of benzene rings is 1. The van der Waals surface area contributed by atoms with E-state index in [0.717, 1.165) is 11.0 Å². The number of hydrogen-bond donors (Lipinski definition) is 1. The van der Waals surface area contributed by atoms with Gasteiger partial charge in [0.1, 0.15) is 17.9 Å². The van der Waals surface area contributed by atoms with Crippen molar-refractivity contribution in [3.63, 3.8) is 0 Å². The molecule has 122 valence electrons. The minimum Gasteiger partial charge on any atom is -0.489 e. The Labute approximate surface area is 135 Å². The van der Waals surface area contributed by atoms with Crippen molar-refractivity contribution >= 4 is 11.0 Å². The molecule has 0 amide bonds. The van der Waals surface area contributed by atoms with Crippen molar-refractivity contribution in [3.05, 3.63) is 64.1 Å². The normalized spacial score (nSPS) is 13.0. The highest BCUT2D eigenvalue weighted by atomic mass is 16.5. The lowest BCUT2D eigenvalue weighted by Gasteiger charge is -2.10. The summed E-state index contributed by atoms with van der Waals surface area (Å²) in [6, 6.07) is 8.47. The second-order valence-electron chi connectivity index (χ2n) is 5.75. The molecule has 0 radical (unpaired) electrons. The third kappa shape index (κ3) is 5.11. The van der Waals surface area contributed by atoms with E-state index in [-0.39, 0.29) is 5.63 Å². The Morgan fingerprint density at radius 3 is 2.70 bits per heavy atom. The number of fused-ring (bicyclic) bond motifs is 1. The maximum absolute atomic E-state index is 11.2. The Balaban J connectivity index is 1.99. The molecule has 1 N–H and O–H groups in total. The highest BCUT2D eigenvalue weighted by Crippen LogP contribution is 2.19. The van der Waals surface area contributed by atoms with E-state index in [4.69, 9.17) is 9.15 Å². The summed E-state index contributed by atoms with van der Waals surface area (Å²) >= 11 is 0. The number of rotatable bonds is 6. The highest BCUT2D eigenvalue weighted by Gasteiger charge is 2.04. The summed E-state index contributed by atoms with van der Waals surface area (Å²) in [7, 11) is 0. The third-order valence-corrected chi connectivity index (χ3v) is 3.52. The van der Waals surface area contributed by atoms with Crippen LogP contribution in [0.25, 0.3) is 11.0 Å². The van der Waals surface area contributed by atoms with Gasteiger partial charge in [-0.05, 0) is 57.0 Å². The predicted octanol–water partition coefficient (Wildman–Crippen LogP) is 3.84. The van der Waals surface area contributed by atoms with Crippen LogP contribution in [0.4, 0.5) is 0 Å². The lowest BCUT2D eigenvalue weighted by atomic mass is 10.1. The van der Waals surface area contributed by atoms with Gasteiger partial charge in [0.25, 0.3) is 0 Å². The zero-order valence-corrected chi connectivity index (χ0v) is 13.7. The van der Waals surface area contributed by atoms with Gasteiger partial charge in [0, 0.05) is 17.5 Å². The first-order valence-corrected chi connectivity index (χ1v) is 7.60. The van der Waals surface area contributed by atoms with Gasteiger partial charge in [-0.3, -0.25) is 0 Å². The molecule has 0 saturated heterocycles. The molecular weight excluding hydrogens is 292 g/mol. The molecule has 2 rings (SSSR count). The summed E-state index contributed by atoms with van der Waals surface area (Å²) in [6.07, 6.45) is 3.97. The van der Waals surface area contributed by atoms with Gasteiger partial charge in [-0.1, -0.05) is 11.6 Å². The van der Waals surface area contributed by atoms with Gasteiger partial charge in [0.2, 0.25) is 0 Å². The first-order chi connectivity index (χ1) is 11.0. The zero-order chi connectivity index (χ0) is 16.8. The van der Waals surface area contributed by atoms with Crippen molar-refractivity contribution in [3.8, 4) is 5.75 Å². The van der Waals surface area contributed by atoms with E-state index in [2.05, 4.69) is 0 Å². The number of aliphatic hydroxyl groups is 1. The van der Waals surface area contributed by atoms with Crippen molar-refractivity contribution in [1.82, 2.24) is 0 Å². The fraction of sp³-hybridized carbons (Fsp3) is 0.316. The smallest absolute Gasteiger partial charge is 0.336 e. The number of ether oxygens (including phenoxy) is 1. The van der Waals surface area contributed by atoms with E-state index in [0.29, 0.717) is 24.4 Å². The summed E-state index contributed by atoms with van der Waals surface area (Å²) < 4.78 is 10.8. The summed E-state index contributed by atoms with van der Waals surface area (Å²) in [6.45, 7) is 6.24. The number of hydrogen-bond acceptors (Lipinski definition) is 4. The average molecular weight is 314 g/mol. The Morgan fingerprint density at radius 1 is 1.22 bits per heavy atom. The van der Waals surface area contributed by atoms with Crippen LogP contribution in [-0.2, 0) is 0 Å². The summed E-state index contributed by atoms with van der Waals surface area (Å²) in [5.74, 6) is 0.620. The number of aliphatic hydroxyl groups excluding tert-OH is 1. The van der Waals surface area contributed by atoms with E-state index in [1.807, 2.05) is 45.1 Å². The van der Waals surface area contributed by atoms with Crippen LogP contribution in [0, 0.1) is 0 Å². The minimum atomic E-state index is -0.497. The molecule has 0 spiro atoms. The summed E-state index contributed by atoms with van der Waals surface area (Å²) in [5, 5.41) is 10.9. The van der Waals surface area contributed by atoms with E-state index < -0.39 is 6.10 Å². The maximum Gasteiger partial charge on any atom is 0.336 e. The van der Waals surface area contributed by atoms with E-state index in [1.54, 1.807) is 12.1 Å². The third-order valence-electron chi connectivity index (χ3n) is 3.52. The molecule has 1 aromatic heterocycles. The van der Waals surface area contributed by atoms with E-state index >= 15 is 0 Å². The van der Waals surface area contributed by atoms with Crippen molar-refractivity contribution in [2.45, 2.75) is 33.3 Å². The summed E-state index contributed by atoms with van der Waals surface area (Å²) in [5.41, 5.74) is 2.17. The molecule has 0 unspecified atom stereocenters. The van der Waals surface area contributed by atoms with Crippen molar-refractivity contribution < 1.29 is 14.3 Å². The van der Waals surface area contributed by atoms with Crippen LogP contribution in [0.5, 0.6) is 5.75 Å². The van der Waals surface area contributed by atoms with Crippen LogP contribution in [-0.4, -0.2) is 17.8 Å². The van der Waals surface area contributed by atoms with Gasteiger partial charge in [-0.2, -0.15) is 0 Å². The molecule has 1 heterocycles. The lowest BCUT2D eigenvalue weighted by molar-refractivity contribution is 0.212. The lowest BCUT2D eigenvalue weighted by Crippen LogP contribution is -2.08. The van der Waals surface area contributed by atoms with Crippen LogP contribution < -0.4 is 10.4 Å². The van der Waals surface area contributed by atoms with Crippen molar-refractivity contribution in [2.24, 2.45) is 0 Å². The van der Waals surface area contributed by atoms with E-state index in [1.165, 1.54) is 11.6 Å². The number of allylic oxidation sites excluding steroid dienone is 1. The monoisotopic (exact) mass is 314 g/mol. The molecule has 1 atom stereocenters. The van der Waals surface area contributed by atoms with Gasteiger partial charge in [-0.15, -0.1) is 0 Å². The quantitative estimate of drug-likeness (QED) is 0.650. The standard InChI is InChI=1S/C19H22O4/c1-13(2)4-8-17(20)14(3)10-11-22-16-7-5-15-6-9-19(21)23-18(15)12-16/h4-7,9-10,12,17,20H,8,11H2,1-3H3/b14-10+/t17-/m0/s1. The molecule has 4 heteroatoms. The van der Waals surface area contributed by atoms with Gasteiger partial charge < -0.3 is 14.3 Å². The van der Waals surface area contributed by atoms with Crippen LogP contribution in [0.1, 0.15) is 27.2 Å². The minimum absolute atomic E-state index is 0.348. The Kier molecular flexibility index (Phi) is 5.77. The summed E-state index contributed by atoms with van der Waals surface area (Å²) in [4.78, 5) is 11.2. The Hall–Kier alpha value is -2.33. The highest BCUT2D eigenvalue weighted by molar-refractivity contribution is 5.77. The maximum atomic E-state index is 11.2. The van der Waals surface area contributed by atoms with Gasteiger partial charge >= 0.3 is 5.63 Å². The van der Waals surface area contributed by atoms with Crippen LogP contribution in [0.15, 0.2) is 62.8 Å². The molecule has 0 aliphatic heterocycles. The SMILES string of the molecule is CC(C)=CC[C@H](O)/C(C)=C/COc1ccc2ccc(=O)oc2c1. The molecule has 1 aromatic carbocycles. The largest absolute Gasteiger partial charge is 0.489 e. The van der Waals surface area contributed by atoms with Crippen LogP contribution >= 0.6 is 0 Å². The van der Waals surface area contributed by atoms with Gasteiger partial charge in [-0.25, -0.2) is 4.79 Å². The molecule has 0 fully saturated rings. The Bertz CT molecular complexity index is 779. The zero-order valence-electron chi connectivity index (χ0n) is 13.7. The molecular formula is C19H22O4. The second kappa shape index (κ2) is 7.79. The second-order valence-corrected chi connectivity index (χ2v) is 5.75.